The first-order chi connectivity index (χ1) is 9.86. The molecule has 0 spiro atoms. The molecular weight excluding hydrogens is 287 g/mol. The molecule has 0 fully saturated rings. The van der Waals surface area contributed by atoms with E-state index in [4.69, 9.17) is 4.74 Å². The van der Waals surface area contributed by atoms with Gasteiger partial charge in [0.1, 0.15) is 5.82 Å². The summed E-state index contributed by atoms with van der Waals surface area (Å²) in [6.45, 7) is 2.48. The van der Waals surface area contributed by atoms with E-state index in [0.717, 1.165) is 12.6 Å². The van der Waals surface area contributed by atoms with Crippen molar-refractivity contribution in [3.63, 3.8) is 0 Å². The number of halogens is 3. The summed E-state index contributed by atoms with van der Waals surface area (Å²) >= 11 is 0. The first-order valence-electron chi connectivity index (χ1n) is 6.42. The Morgan fingerprint density at radius 1 is 1.29 bits per heavy atom. The van der Waals surface area contributed by atoms with Crippen LogP contribution in [0.3, 0.4) is 0 Å². The van der Waals surface area contributed by atoms with Crippen LogP contribution in [0.1, 0.15) is 5.69 Å². The summed E-state index contributed by atoms with van der Waals surface area (Å²) in [5.74, 6) is 0.0712. The van der Waals surface area contributed by atoms with Crippen LogP contribution in [-0.2, 0) is 10.9 Å². The van der Waals surface area contributed by atoms with Crippen LogP contribution >= 0.6 is 0 Å². The van der Waals surface area contributed by atoms with Gasteiger partial charge in [0.25, 0.3) is 0 Å². The van der Waals surface area contributed by atoms with Gasteiger partial charge in [-0.1, -0.05) is 0 Å². The Morgan fingerprint density at radius 3 is 2.57 bits per heavy atom. The first kappa shape index (κ1) is 17.4. The number of alkyl halides is 3. The van der Waals surface area contributed by atoms with Gasteiger partial charge in [-0.2, -0.15) is 18.2 Å². The molecule has 2 N–H and O–H groups in total. The molecule has 1 aromatic rings. The minimum atomic E-state index is -4.50. The van der Waals surface area contributed by atoms with Gasteiger partial charge in [-0.25, -0.2) is 4.98 Å². The van der Waals surface area contributed by atoms with Crippen LogP contribution in [0, 0.1) is 0 Å². The molecule has 0 aliphatic heterocycles. The zero-order valence-electron chi connectivity index (χ0n) is 12.3. The van der Waals surface area contributed by atoms with Crippen molar-refractivity contribution < 1.29 is 17.9 Å². The van der Waals surface area contributed by atoms with Gasteiger partial charge < -0.3 is 20.3 Å². The van der Waals surface area contributed by atoms with Crippen molar-refractivity contribution in [2.24, 2.45) is 0 Å². The average molecular weight is 307 g/mol. The summed E-state index contributed by atoms with van der Waals surface area (Å²) in [5, 5.41) is 5.38. The molecule has 0 aromatic carbocycles. The molecule has 0 aliphatic carbocycles. The summed E-state index contributed by atoms with van der Waals surface area (Å²) in [6.07, 6.45) is -4.50. The highest BCUT2D eigenvalue weighted by molar-refractivity contribution is 5.42. The smallest absolute Gasteiger partial charge is 0.383 e. The van der Waals surface area contributed by atoms with E-state index in [1.165, 1.54) is 7.05 Å². The zero-order valence-corrected chi connectivity index (χ0v) is 12.3. The van der Waals surface area contributed by atoms with Crippen molar-refractivity contribution in [3.8, 4) is 0 Å². The number of nitrogens with one attached hydrogen (secondary N) is 2. The monoisotopic (exact) mass is 307 g/mol. The largest absolute Gasteiger partial charge is 0.433 e. The topological polar surface area (TPSA) is 62.3 Å². The molecule has 9 heteroatoms. The minimum Gasteiger partial charge on any atom is -0.383 e. The summed E-state index contributed by atoms with van der Waals surface area (Å²) in [4.78, 5) is 9.34. The summed E-state index contributed by atoms with van der Waals surface area (Å²) in [7, 11) is 4.99. The Morgan fingerprint density at radius 2 is 2.00 bits per heavy atom. The quantitative estimate of drug-likeness (QED) is 0.759. The Labute approximate surface area is 121 Å². The molecule has 0 bridgehead atoms. The van der Waals surface area contributed by atoms with Crippen LogP contribution in [-0.4, -0.2) is 62.3 Å². The summed E-state index contributed by atoms with van der Waals surface area (Å²) in [5.41, 5.74) is -0.975. The summed E-state index contributed by atoms with van der Waals surface area (Å²) in [6, 6.07) is 0.899. The molecule has 1 rings (SSSR count). The number of methoxy groups -OCH3 is 1. The van der Waals surface area contributed by atoms with E-state index in [-0.39, 0.29) is 11.8 Å². The molecule has 0 saturated carbocycles. The standard InChI is InChI=1S/C12H20F3N5O/c1-16-11-18-9(12(13,14)15)8-10(19-11)17-4-5-20(2)6-7-21-3/h8H,4-7H2,1-3H3,(H2,16,17,18,19). The highest BCUT2D eigenvalue weighted by atomic mass is 19.4. The second kappa shape index (κ2) is 7.99. The van der Waals surface area contributed by atoms with E-state index >= 15 is 0 Å². The number of hydrogen-bond acceptors (Lipinski definition) is 6. The lowest BCUT2D eigenvalue weighted by Crippen LogP contribution is -2.28. The van der Waals surface area contributed by atoms with Gasteiger partial charge in [0.05, 0.1) is 6.61 Å². The van der Waals surface area contributed by atoms with Crippen molar-refractivity contribution in [1.29, 1.82) is 0 Å². The van der Waals surface area contributed by atoms with Gasteiger partial charge in [-0.3, -0.25) is 0 Å². The number of anilines is 2. The normalized spacial score (nSPS) is 11.8. The van der Waals surface area contributed by atoms with E-state index in [9.17, 15) is 13.2 Å². The van der Waals surface area contributed by atoms with Crippen LogP contribution in [0.2, 0.25) is 0 Å². The van der Waals surface area contributed by atoms with Crippen LogP contribution in [0.5, 0.6) is 0 Å². The number of aromatic nitrogens is 2. The van der Waals surface area contributed by atoms with Crippen molar-refractivity contribution in [3.05, 3.63) is 11.8 Å². The van der Waals surface area contributed by atoms with Crippen LogP contribution in [0.15, 0.2) is 6.07 Å². The fourth-order valence-electron chi connectivity index (χ4n) is 1.53. The van der Waals surface area contributed by atoms with Gasteiger partial charge >= 0.3 is 6.18 Å². The number of nitrogens with zero attached hydrogens (tertiary/aromatic N) is 3. The Kier molecular flexibility index (Phi) is 6.63. The van der Waals surface area contributed by atoms with E-state index in [1.54, 1.807) is 7.11 Å². The van der Waals surface area contributed by atoms with E-state index in [2.05, 4.69) is 20.6 Å². The fourth-order valence-corrected chi connectivity index (χ4v) is 1.53. The van der Waals surface area contributed by atoms with Crippen LogP contribution < -0.4 is 10.6 Å². The number of hydrogen-bond donors (Lipinski definition) is 2. The number of rotatable bonds is 8. The molecule has 0 amide bonds. The van der Waals surface area contributed by atoms with E-state index in [0.29, 0.717) is 19.7 Å². The molecule has 6 nitrogen and oxygen atoms in total. The predicted molar refractivity (Wildman–Crippen MR) is 74.4 cm³/mol. The minimum absolute atomic E-state index is 0.0694. The molecule has 120 valence electrons. The van der Waals surface area contributed by atoms with Gasteiger partial charge in [0, 0.05) is 39.9 Å². The molecular formula is C12H20F3N5O. The van der Waals surface area contributed by atoms with Crippen LogP contribution in [0.25, 0.3) is 0 Å². The first-order valence-corrected chi connectivity index (χ1v) is 6.42. The van der Waals surface area contributed by atoms with Crippen molar-refractivity contribution in [2.75, 3.05) is 58.1 Å². The third-order valence-corrected chi connectivity index (χ3v) is 2.72. The molecule has 0 aliphatic rings. The zero-order chi connectivity index (χ0) is 15.9. The molecule has 0 unspecified atom stereocenters. The highest BCUT2D eigenvalue weighted by Gasteiger charge is 2.33. The van der Waals surface area contributed by atoms with E-state index < -0.39 is 11.9 Å². The molecule has 1 heterocycles. The Bertz CT molecular complexity index is 441. The van der Waals surface area contributed by atoms with Gasteiger partial charge in [-0.15, -0.1) is 0 Å². The lowest BCUT2D eigenvalue weighted by molar-refractivity contribution is -0.141. The maximum Gasteiger partial charge on any atom is 0.433 e. The van der Waals surface area contributed by atoms with Crippen LogP contribution in [0.4, 0.5) is 24.9 Å². The van der Waals surface area contributed by atoms with Crippen molar-refractivity contribution in [1.82, 2.24) is 14.9 Å². The maximum atomic E-state index is 12.7. The molecule has 0 radical (unpaired) electrons. The fraction of sp³-hybridized carbons (Fsp3) is 0.667. The van der Waals surface area contributed by atoms with Gasteiger partial charge in [0.2, 0.25) is 5.95 Å². The van der Waals surface area contributed by atoms with Gasteiger partial charge in [0.15, 0.2) is 5.69 Å². The Hall–Kier alpha value is -1.61. The lowest BCUT2D eigenvalue weighted by Gasteiger charge is -2.17. The van der Waals surface area contributed by atoms with Gasteiger partial charge in [-0.05, 0) is 7.05 Å². The molecule has 0 atom stereocenters. The van der Waals surface area contributed by atoms with Crippen molar-refractivity contribution in [2.45, 2.75) is 6.18 Å². The lowest BCUT2D eigenvalue weighted by atomic mass is 10.3. The van der Waals surface area contributed by atoms with E-state index in [1.807, 2.05) is 11.9 Å². The predicted octanol–water partition coefficient (Wildman–Crippen LogP) is 1.53. The second-order valence-electron chi connectivity index (χ2n) is 4.43. The SMILES string of the molecule is CNc1nc(NCCN(C)CCOC)cc(C(F)(F)F)n1. The number of ether oxygens (including phenoxy) is 1. The third kappa shape index (κ3) is 6.13. The molecule has 1 aromatic heterocycles. The summed E-state index contributed by atoms with van der Waals surface area (Å²) < 4.78 is 43.1. The highest BCUT2D eigenvalue weighted by Crippen LogP contribution is 2.29. The molecule has 21 heavy (non-hydrogen) atoms. The molecule has 0 saturated heterocycles. The third-order valence-electron chi connectivity index (χ3n) is 2.72. The maximum absolute atomic E-state index is 12.7. The average Bonchev–Trinajstić information content (AvgIpc) is 2.43. The number of likely N-dealkylation sites (N-methyl/N-ethyl adjacent to an activating group) is 1. The Balaban J connectivity index is 2.62. The van der Waals surface area contributed by atoms with Crippen molar-refractivity contribution >= 4 is 11.8 Å². The second-order valence-corrected chi connectivity index (χ2v) is 4.43.